The van der Waals surface area contributed by atoms with Crippen molar-refractivity contribution < 1.29 is 27.5 Å². The van der Waals surface area contributed by atoms with Crippen molar-refractivity contribution in [1.82, 2.24) is 0 Å². The van der Waals surface area contributed by atoms with E-state index in [1.54, 1.807) is 19.1 Å². The van der Waals surface area contributed by atoms with Crippen LogP contribution in [0.1, 0.15) is 82.0 Å². The van der Waals surface area contributed by atoms with Gasteiger partial charge in [-0.3, -0.25) is 4.79 Å². The van der Waals surface area contributed by atoms with Crippen molar-refractivity contribution in [3.05, 3.63) is 67.4 Å². The Kier molecular flexibility index (Phi) is 8.10. The minimum atomic E-state index is -4.47. The number of benzene rings is 1. The summed E-state index contributed by atoms with van der Waals surface area (Å²) in [6.45, 7) is 9.88. The molecule has 35 heavy (non-hydrogen) atoms. The minimum absolute atomic E-state index is 0.195. The van der Waals surface area contributed by atoms with Gasteiger partial charge >= 0.3 is 12.1 Å². The Morgan fingerprint density at radius 2 is 1.83 bits per heavy atom. The molecule has 0 unspecified atom stereocenters. The molecule has 3 nitrogen and oxygen atoms in total. The van der Waals surface area contributed by atoms with Gasteiger partial charge < -0.3 is 4.74 Å². The number of thiophene rings is 1. The van der Waals surface area contributed by atoms with Crippen LogP contribution >= 0.6 is 11.3 Å². The van der Waals surface area contributed by atoms with Crippen molar-refractivity contribution in [1.29, 1.82) is 0 Å². The lowest BCUT2D eigenvalue weighted by molar-refractivity contribution is -0.137. The summed E-state index contributed by atoms with van der Waals surface area (Å²) in [5.41, 5.74) is 4.23. The lowest BCUT2D eigenvalue weighted by atomic mass is 9.74. The number of ether oxygens (including phenoxy) is 1. The number of fused-ring (bicyclic) bond motifs is 1. The molecular weight excluding hydrogens is 473 g/mol. The zero-order valence-corrected chi connectivity index (χ0v) is 21.6. The van der Waals surface area contributed by atoms with Crippen molar-refractivity contribution in [3.8, 4) is 0 Å². The van der Waals surface area contributed by atoms with E-state index in [0.29, 0.717) is 42.8 Å². The number of carbonyl (C=O) groups is 2. The van der Waals surface area contributed by atoms with Gasteiger partial charge in [-0.15, -0.1) is 11.3 Å². The van der Waals surface area contributed by atoms with Crippen molar-refractivity contribution in [2.75, 3.05) is 6.61 Å². The van der Waals surface area contributed by atoms with E-state index in [-0.39, 0.29) is 15.9 Å². The monoisotopic (exact) mass is 504 g/mol. The van der Waals surface area contributed by atoms with Gasteiger partial charge in [-0.05, 0) is 90.5 Å². The molecule has 1 aromatic heterocycles. The lowest BCUT2D eigenvalue weighted by Crippen LogP contribution is -2.24. The molecule has 0 bridgehead atoms. The molecule has 188 valence electrons. The highest BCUT2D eigenvalue weighted by Crippen LogP contribution is 2.47. The molecule has 0 amide bonds. The molecule has 2 aromatic rings. The number of esters is 1. The summed E-state index contributed by atoms with van der Waals surface area (Å²) in [4.78, 5) is 24.3. The standard InChI is InChI=1S/C28H31F3O3S/c1-6-19-15-18(14-17(3)20(19)9-11-24(33)34-7-2)8-10-23(32)25-21-12-13-27(4,5)16-22(21)26(35-25)28(29,30)31/h8-11,14-15H,6-7,12-13,16H2,1-5H3. The van der Waals surface area contributed by atoms with Gasteiger partial charge in [0.15, 0.2) is 5.78 Å². The van der Waals surface area contributed by atoms with Crippen LogP contribution < -0.4 is 0 Å². The highest BCUT2D eigenvalue weighted by Gasteiger charge is 2.42. The van der Waals surface area contributed by atoms with E-state index < -0.39 is 22.8 Å². The average molecular weight is 505 g/mol. The molecule has 1 aromatic carbocycles. The first kappa shape index (κ1) is 26.9. The summed E-state index contributed by atoms with van der Waals surface area (Å²) in [7, 11) is 0. The highest BCUT2D eigenvalue weighted by atomic mass is 32.1. The third-order valence-electron chi connectivity index (χ3n) is 6.28. The number of carbonyl (C=O) groups excluding carboxylic acids is 2. The summed E-state index contributed by atoms with van der Waals surface area (Å²) in [5, 5.41) is 0. The summed E-state index contributed by atoms with van der Waals surface area (Å²) in [6, 6.07) is 3.82. The van der Waals surface area contributed by atoms with Gasteiger partial charge in [0, 0.05) is 6.08 Å². The van der Waals surface area contributed by atoms with Crippen LogP contribution in [0.5, 0.6) is 0 Å². The number of hydrogen-bond donors (Lipinski definition) is 0. The van der Waals surface area contributed by atoms with Crippen LogP contribution in [0, 0.1) is 12.3 Å². The first-order valence-corrected chi connectivity index (χ1v) is 12.6. The van der Waals surface area contributed by atoms with Crippen molar-refractivity contribution in [2.24, 2.45) is 5.41 Å². The van der Waals surface area contributed by atoms with Crippen LogP contribution in [0.3, 0.4) is 0 Å². The average Bonchev–Trinajstić information content (AvgIpc) is 3.14. The molecule has 0 spiro atoms. The minimum Gasteiger partial charge on any atom is -0.463 e. The number of halogens is 3. The summed E-state index contributed by atoms with van der Waals surface area (Å²) >= 11 is 0.574. The second kappa shape index (κ2) is 10.5. The van der Waals surface area contributed by atoms with E-state index in [0.717, 1.165) is 28.7 Å². The quantitative estimate of drug-likeness (QED) is 0.221. The number of ketones is 1. The molecule has 0 fully saturated rings. The molecule has 1 aliphatic carbocycles. The molecule has 0 N–H and O–H groups in total. The fourth-order valence-electron chi connectivity index (χ4n) is 4.53. The Labute approximate surface area is 208 Å². The van der Waals surface area contributed by atoms with Gasteiger partial charge in [-0.1, -0.05) is 39.0 Å². The summed E-state index contributed by atoms with van der Waals surface area (Å²) in [6.07, 6.45) is 3.93. The number of allylic oxidation sites excluding steroid dienone is 1. The molecule has 7 heteroatoms. The predicted molar refractivity (Wildman–Crippen MR) is 135 cm³/mol. The highest BCUT2D eigenvalue weighted by molar-refractivity contribution is 7.14. The zero-order chi connectivity index (χ0) is 26.0. The Morgan fingerprint density at radius 1 is 1.11 bits per heavy atom. The van der Waals surface area contributed by atoms with E-state index >= 15 is 0 Å². The molecule has 0 atom stereocenters. The van der Waals surface area contributed by atoms with E-state index in [4.69, 9.17) is 4.74 Å². The Balaban J connectivity index is 1.91. The maximum absolute atomic E-state index is 13.7. The molecule has 1 heterocycles. The third-order valence-corrected chi connectivity index (χ3v) is 7.61. The van der Waals surface area contributed by atoms with Gasteiger partial charge in [0.25, 0.3) is 0 Å². The van der Waals surface area contributed by atoms with Crippen LogP contribution in [0.2, 0.25) is 0 Å². The molecule has 1 aliphatic rings. The zero-order valence-electron chi connectivity index (χ0n) is 20.8. The second-order valence-electron chi connectivity index (χ2n) is 9.60. The topological polar surface area (TPSA) is 43.4 Å². The predicted octanol–water partition coefficient (Wildman–Crippen LogP) is 7.63. The SMILES string of the molecule is CCOC(=O)C=Cc1c(C)cc(C=CC(=O)c2sc(C(F)(F)F)c3c2CCC(C)(C)C3)cc1CC. The van der Waals surface area contributed by atoms with Gasteiger partial charge in [0.05, 0.1) is 11.5 Å². The smallest absolute Gasteiger partial charge is 0.425 e. The molecule has 0 saturated heterocycles. The lowest BCUT2D eigenvalue weighted by Gasteiger charge is -2.30. The largest absolute Gasteiger partial charge is 0.463 e. The fourth-order valence-corrected chi connectivity index (χ4v) is 5.68. The number of aryl methyl sites for hydroxylation is 2. The van der Waals surface area contributed by atoms with Crippen LogP contribution in [0.4, 0.5) is 13.2 Å². The first-order chi connectivity index (χ1) is 16.4. The molecule has 3 rings (SSSR count). The van der Waals surface area contributed by atoms with Gasteiger partial charge in [-0.2, -0.15) is 13.2 Å². The van der Waals surface area contributed by atoms with Crippen LogP contribution in [0.15, 0.2) is 24.3 Å². The van der Waals surface area contributed by atoms with E-state index in [9.17, 15) is 22.8 Å². The Bertz CT molecular complexity index is 1180. The number of hydrogen-bond acceptors (Lipinski definition) is 4. The first-order valence-electron chi connectivity index (χ1n) is 11.8. The normalized spacial score (nSPS) is 15.5. The number of alkyl halides is 3. The van der Waals surface area contributed by atoms with Crippen LogP contribution in [0.25, 0.3) is 12.2 Å². The third kappa shape index (κ3) is 6.31. The van der Waals surface area contributed by atoms with Crippen molar-refractivity contribution >= 4 is 35.2 Å². The van der Waals surface area contributed by atoms with E-state index in [2.05, 4.69) is 0 Å². The maximum Gasteiger partial charge on any atom is 0.425 e. The van der Waals surface area contributed by atoms with Crippen molar-refractivity contribution in [3.63, 3.8) is 0 Å². The van der Waals surface area contributed by atoms with Gasteiger partial charge in [0.2, 0.25) is 0 Å². The molecular formula is C28H31F3O3S. The number of rotatable bonds is 7. The Morgan fingerprint density at radius 3 is 2.46 bits per heavy atom. The molecule has 0 aliphatic heterocycles. The summed E-state index contributed by atoms with van der Waals surface area (Å²) in [5.74, 6) is -0.812. The second-order valence-corrected chi connectivity index (χ2v) is 10.6. The molecule has 0 saturated carbocycles. The Hall–Kier alpha value is -2.67. The van der Waals surface area contributed by atoms with Crippen molar-refractivity contribution in [2.45, 2.75) is 66.5 Å². The van der Waals surface area contributed by atoms with Crippen LogP contribution in [-0.4, -0.2) is 18.4 Å². The fraction of sp³-hybridized carbons (Fsp3) is 0.429. The van der Waals surface area contributed by atoms with Crippen LogP contribution in [-0.2, 0) is 35.0 Å². The van der Waals surface area contributed by atoms with Gasteiger partial charge in [-0.25, -0.2) is 4.79 Å². The van der Waals surface area contributed by atoms with E-state index in [1.807, 2.05) is 39.8 Å². The van der Waals surface area contributed by atoms with Gasteiger partial charge in [0.1, 0.15) is 4.88 Å². The van der Waals surface area contributed by atoms with E-state index in [1.165, 1.54) is 12.2 Å². The maximum atomic E-state index is 13.7. The summed E-state index contributed by atoms with van der Waals surface area (Å²) < 4.78 is 46.1. The molecule has 0 radical (unpaired) electrons.